The van der Waals surface area contributed by atoms with Gasteiger partial charge in [-0.2, -0.15) is 0 Å². The Hall–Kier alpha value is -2.40. The molecule has 4 rings (SSSR count). The van der Waals surface area contributed by atoms with Crippen LogP contribution in [0.3, 0.4) is 0 Å². The molecule has 2 N–H and O–H groups in total. The van der Waals surface area contributed by atoms with Gasteiger partial charge in [0, 0.05) is 27.5 Å². The van der Waals surface area contributed by atoms with Crippen LogP contribution < -0.4 is 10.6 Å². The standard InChI is InChI=1S/C23H24BrN3O/c1-15-13-22(27-21-8-3-2-7-20(15)21)25-18-9-11-19(12-10-18)26-23(28)16-5-4-6-17(24)14-16/h2-8,13-14,18-19H,9-12H2,1H3,(H,25,27)(H,26,28). The van der Waals surface area contributed by atoms with Crippen LogP contribution in [0, 0.1) is 6.92 Å². The lowest BCUT2D eigenvalue weighted by molar-refractivity contribution is 0.0926. The topological polar surface area (TPSA) is 54.0 Å². The third-order valence-corrected chi connectivity index (χ3v) is 5.92. The Morgan fingerprint density at radius 3 is 2.54 bits per heavy atom. The van der Waals surface area contributed by atoms with Gasteiger partial charge in [-0.1, -0.05) is 40.2 Å². The Balaban J connectivity index is 1.34. The maximum atomic E-state index is 12.4. The largest absolute Gasteiger partial charge is 0.367 e. The third kappa shape index (κ3) is 4.36. The van der Waals surface area contributed by atoms with Gasteiger partial charge in [0.05, 0.1) is 5.52 Å². The van der Waals surface area contributed by atoms with Gasteiger partial charge in [-0.15, -0.1) is 0 Å². The Morgan fingerprint density at radius 1 is 1.00 bits per heavy atom. The molecule has 0 aliphatic heterocycles. The molecule has 0 spiro atoms. The Labute approximate surface area is 173 Å². The smallest absolute Gasteiger partial charge is 0.251 e. The predicted molar refractivity (Wildman–Crippen MR) is 118 cm³/mol. The maximum absolute atomic E-state index is 12.4. The molecule has 0 unspecified atom stereocenters. The average molecular weight is 438 g/mol. The number of halogens is 1. The zero-order chi connectivity index (χ0) is 19.5. The van der Waals surface area contributed by atoms with Gasteiger partial charge in [0.2, 0.25) is 0 Å². The second kappa shape index (κ2) is 8.31. The van der Waals surface area contributed by atoms with Gasteiger partial charge in [0.25, 0.3) is 5.91 Å². The van der Waals surface area contributed by atoms with Crippen molar-refractivity contribution in [3.8, 4) is 0 Å². The zero-order valence-corrected chi connectivity index (χ0v) is 17.5. The lowest BCUT2D eigenvalue weighted by atomic mass is 9.91. The van der Waals surface area contributed by atoms with E-state index in [1.165, 1.54) is 10.9 Å². The van der Waals surface area contributed by atoms with Crippen LogP contribution >= 0.6 is 15.9 Å². The number of aromatic nitrogens is 1. The van der Waals surface area contributed by atoms with Crippen LogP contribution in [-0.4, -0.2) is 23.0 Å². The summed E-state index contributed by atoms with van der Waals surface area (Å²) >= 11 is 3.42. The summed E-state index contributed by atoms with van der Waals surface area (Å²) in [5.74, 6) is 0.947. The lowest BCUT2D eigenvalue weighted by Crippen LogP contribution is -2.40. The third-order valence-electron chi connectivity index (χ3n) is 5.42. The highest BCUT2D eigenvalue weighted by molar-refractivity contribution is 9.10. The fourth-order valence-electron chi connectivity index (χ4n) is 3.91. The number of amides is 1. The van der Waals surface area contributed by atoms with Crippen LogP contribution in [0.15, 0.2) is 59.1 Å². The minimum Gasteiger partial charge on any atom is -0.367 e. The monoisotopic (exact) mass is 437 g/mol. The second-order valence-corrected chi connectivity index (χ2v) is 8.43. The molecular weight excluding hydrogens is 414 g/mol. The van der Waals surface area contributed by atoms with Crippen molar-refractivity contribution in [2.75, 3.05) is 5.32 Å². The second-order valence-electron chi connectivity index (χ2n) is 7.52. The van der Waals surface area contributed by atoms with Gasteiger partial charge >= 0.3 is 0 Å². The molecule has 0 atom stereocenters. The summed E-state index contributed by atoms with van der Waals surface area (Å²) in [6, 6.07) is 18.5. The first-order valence-corrected chi connectivity index (χ1v) is 10.6. The fourth-order valence-corrected chi connectivity index (χ4v) is 4.31. The van der Waals surface area contributed by atoms with Crippen LogP contribution in [0.2, 0.25) is 0 Å². The molecule has 144 valence electrons. The molecule has 28 heavy (non-hydrogen) atoms. The molecule has 2 aromatic carbocycles. The van der Waals surface area contributed by atoms with Gasteiger partial charge in [-0.25, -0.2) is 4.98 Å². The SMILES string of the molecule is Cc1cc(NC2CCC(NC(=O)c3cccc(Br)c3)CC2)nc2ccccc12. The van der Waals surface area contributed by atoms with Crippen molar-refractivity contribution in [2.45, 2.75) is 44.7 Å². The van der Waals surface area contributed by atoms with Gasteiger partial charge < -0.3 is 10.6 Å². The minimum absolute atomic E-state index is 0.00419. The van der Waals surface area contributed by atoms with E-state index in [0.717, 1.165) is 41.5 Å². The first kappa shape index (κ1) is 18.9. The highest BCUT2D eigenvalue weighted by atomic mass is 79.9. The average Bonchev–Trinajstić information content (AvgIpc) is 2.69. The van der Waals surface area contributed by atoms with E-state index in [1.54, 1.807) is 0 Å². The fraction of sp³-hybridized carbons (Fsp3) is 0.304. The first-order chi connectivity index (χ1) is 13.6. The van der Waals surface area contributed by atoms with Crippen molar-refractivity contribution in [3.05, 3.63) is 70.2 Å². The van der Waals surface area contributed by atoms with Crippen molar-refractivity contribution in [1.29, 1.82) is 0 Å². The van der Waals surface area contributed by atoms with Gasteiger partial charge in [0.1, 0.15) is 5.82 Å². The van der Waals surface area contributed by atoms with Gasteiger partial charge in [0.15, 0.2) is 0 Å². The number of anilines is 1. The van der Waals surface area contributed by atoms with Crippen LogP contribution in [0.5, 0.6) is 0 Å². The number of rotatable bonds is 4. The summed E-state index contributed by atoms with van der Waals surface area (Å²) in [4.78, 5) is 17.2. The van der Waals surface area contributed by atoms with E-state index in [2.05, 4.69) is 51.7 Å². The number of carbonyl (C=O) groups excluding carboxylic acids is 1. The van der Waals surface area contributed by atoms with E-state index in [9.17, 15) is 4.79 Å². The number of benzene rings is 2. The van der Waals surface area contributed by atoms with E-state index in [1.807, 2.05) is 36.4 Å². The number of fused-ring (bicyclic) bond motifs is 1. The highest BCUT2D eigenvalue weighted by Crippen LogP contribution is 2.25. The minimum atomic E-state index is 0.00419. The molecule has 3 aromatic rings. The molecule has 1 aliphatic carbocycles. The van der Waals surface area contributed by atoms with Crippen molar-refractivity contribution in [3.63, 3.8) is 0 Å². The summed E-state index contributed by atoms with van der Waals surface area (Å²) < 4.78 is 0.922. The molecule has 0 radical (unpaired) electrons. The number of nitrogens with one attached hydrogen (secondary N) is 2. The predicted octanol–water partition coefficient (Wildman–Crippen LogP) is 5.46. The van der Waals surface area contributed by atoms with E-state index >= 15 is 0 Å². The molecule has 0 bridgehead atoms. The molecule has 1 fully saturated rings. The van der Waals surface area contributed by atoms with E-state index in [4.69, 9.17) is 4.98 Å². The number of nitrogens with zero attached hydrogens (tertiary/aromatic N) is 1. The van der Waals surface area contributed by atoms with Crippen molar-refractivity contribution in [1.82, 2.24) is 10.3 Å². The lowest BCUT2D eigenvalue weighted by Gasteiger charge is -2.30. The summed E-state index contributed by atoms with van der Waals surface area (Å²) in [6.45, 7) is 2.13. The number of hydrogen-bond donors (Lipinski definition) is 2. The van der Waals surface area contributed by atoms with E-state index in [0.29, 0.717) is 11.6 Å². The summed E-state index contributed by atoms with van der Waals surface area (Å²) in [5, 5.41) is 7.97. The number of hydrogen-bond acceptors (Lipinski definition) is 3. The van der Waals surface area contributed by atoms with E-state index in [-0.39, 0.29) is 11.9 Å². The number of pyridine rings is 1. The normalized spacial score (nSPS) is 19.4. The van der Waals surface area contributed by atoms with Gasteiger partial charge in [-0.3, -0.25) is 4.79 Å². The van der Waals surface area contributed by atoms with Crippen LogP contribution in [0.1, 0.15) is 41.6 Å². The summed E-state index contributed by atoms with van der Waals surface area (Å²) in [7, 11) is 0. The molecular formula is C23H24BrN3O. The molecule has 1 heterocycles. The molecule has 1 aromatic heterocycles. The Bertz CT molecular complexity index is 996. The first-order valence-electron chi connectivity index (χ1n) is 9.78. The highest BCUT2D eigenvalue weighted by Gasteiger charge is 2.23. The van der Waals surface area contributed by atoms with Crippen molar-refractivity contribution < 1.29 is 4.79 Å². The molecule has 4 nitrogen and oxygen atoms in total. The summed E-state index contributed by atoms with van der Waals surface area (Å²) in [6.07, 6.45) is 4.00. The zero-order valence-electron chi connectivity index (χ0n) is 15.9. The Kier molecular flexibility index (Phi) is 5.62. The van der Waals surface area contributed by atoms with Crippen LogP contribution in [-0.2, 0) is 0 Å². The molecule has 0 saturated heterocycles. The summed E-state index contributed by atoms with van der Waals surface area (Å²) in [5.41, 5.74) is 2.97. The molecule has 1 amide bonds. The number of aryl methyl sites for hydroxylation is 1. The molecule has 1 saturated carbocycles. The Morgan fingerprint density at radius 2 is 1.75 bits per heavy atom. The molecule has 5 heteroatoms. The van der Waals surface area contributed by atoms with Crippen LogP contribution in [0.25, 0.3) is 10.9 Å². The number of carbonyl (C=O) groups is 1. The van der Waals surface area contributed by atoms with Crippen molar-refractivity contribution in [2.24, 2.45) is 0 Å². The molecule has 1 aliphatic rings. The van der Waals surface area contributed by atoms with Gasteiger partial charge in [-0.05, 0) is 68.5 Å². The maximum Gasteiger partial charge on any atom is 0.251 e. The quantitative estimate of drug-likeness (QED) is 0.569. The van der Waals surface area contributed by atoms with E-state index < -0.39 is 0 Å². The number of para-hydroxylation sites is 1. The van der Waals surface area contributed by atoms with Crippen LogP contribution in [0.4, 0.5) is 5.82 Å². The van der Waals surface area contributed by atoms with Crippen molar-refractivity contribution >= 4 is 38.6 Å².